The Bertz CT molecular complexity index is 278. The molecule has 1 aliphatic heterocycles. The van der Waals surface area contributed by atoms with Crippen molar-refractivity contribution < 1.29 is 10.0 Å². The van der Waals surface area contributed by atoms with Gasteiger partial charge in [-0.1, -0.05) is 18.5 Å². The van der Waals surface area contributed by atoms with Gasteiger partial charge in [-0.3, -0.25) is 4.79 Å². The topological polar surface area (TPSA) is 87.7 Å². The lowest BCUT2D eigenvalue weighted by Gasteiger charge is -2.23. The van der Waals surface area contributed by atoms with Gasteiger partial charge < -0.3 is 16.3 Å². The standard InChI is InChI=1S/C11H21N3O2S/c1-2-8(7-10(12)14-16)13-11(15)9-5-3-4-6-17-9/h8-9,16H,2-7H2,1H3,(H2,12,14)(H,13,15). The maximum absolute atomic E-state index is 12.0. The summed E-state index contributed by atoms with van der Waals surface area (Å²) in [5.41, 5.74) is 5.45. The quantitative estimate of drug-likeness (QED) is 0.300. The lowest BCUT2D eigenvalue weighted by atomic mass is 10.1. The Morgan fingerprint density at radius 2 is 2.41 bits per heavy atom. The number of nitrogens with two attached hydrogens (primary N) is 1. The molecule has 1 amide bonds. The second-order valence-corrected chi connectivity index (χ2v) is 5.58. The van der Waals surface area contributed by atoms with Crippen LogP contribution in [0, 0.1) is 0 Å². The van der Waals surface area contributed by atoms with E-state index >= 15 is 0 Å². The summed E-state index contributed by atoms with van der Waals surface area (Å²) in [4.78, 5) is 12.0. The molecular weight excluding hydrogens is 238 g/mol. The van der Waals surface area contributed by atoms with E-state index in [2.05, 4.69) is 10.5 Å². The number of rotatable bonds is 5. The van der Waals surface area contributed by atoms with E-state index < -0.39 is 0 Å². The van der Waals surface area contributed by atoms with Crippen LogP contribution in [0.1, 0.15) is 39.0 Å². The predicted molar refractivity (Wildman–Crippen MR) is 70.3 cm³/mol. The molecule has 0 aromatic rings. The van der Waals surface area contributed by atoms with Gasteiger partial charge >= 0.3 is 0 Å². The summed E-state index contributed by atoms with van der Waals surface area (Å²) in [6.45, 7) is 1.98. The normalized spacial score (nSPS) is 23.1. The van der Waals surface area contributed by atoms with E-state index in [-0.39, 0.29) is 23.0 Å². The molecule has 2 atom stereocenters. The first-order valence-corrected chi connectivity index (χ1v) is 7.10. The molecule has 0 saturated carbocycles. The number of hydrogen-bond donors (Lipinski definition) is 3. The summed E-state index contributed by atoms with van der Waals surface area (Å²) < 4.78 is 0. The maximum Gasteiger partial charge on any atom is 0.233 e. The Kier molecular flexibility index (Phi) is 6.18. The van der Waals surface area contributed by atoms with Crippen LogP contribution in [0.5, 0.6) is 0 Å². The van der Waals surface area contributed by atoms with Gasteiger partial charge in [0.05, 0.1) is 5.25 Å². The number of thioether (sulfide) groups is 1. The zero-order valence-electron chi connectivity index (χ0n) is 10.2. The second-order valence-electron chi connectivity index (χ2n) is 4.26. The van der Waals surface area contributed by atoms with Gasteiger partial charge in [-0.05, 0) is 25.0 Å². The first-order chi connectivity index (χ1) is 8.17. The van der Waals surface area contributed by atoms with Crippen molar-refractivity contribution in [3.8, 4) is 0 Å². The van der Waals surface area contributed by atoms with E-state index in [1.807, 2.05) is 6.92 Å². The highest BCUT2D eigenvalue weighted by Crippen LogP contribution is 2.25. The van der Waals surface area contributed by atoms with Crippen LogP contribution >= 0.6 is 11.8 Å². The molecule has 1 aliphatic rings. The van der Waals surface area contributed by atoms with Gasteiger partial charge in [0.1, 0.15) is 5.84 Å². The number of nitrogens with one attached hydrogen (secondary N) is 1. The van der Waals surface area contributed by atoms with Crippen molar-refractivity contribution in [1.82, 2.24) is 5.32 Å². The minimum atomic E-state index is -0.0408. The molecule has 1 fully saturated rings. The summed E-state index contributed by atoms with van der Waals surface area (Å²) in [5, 5.41) is 14.5. The maximum atomic E-state index is 12.0. The van der Waals surface area contributed by atoms with Crippen LogP contribution in [0.3, 0.4) is 0 Å². The van der Waals surface area contributed by atoms with Crippen LogP contribution in [0.15, 0.2) is 5.16 Å². The molecule has 0 bridgehead atoms. The zero-order chi connectivity index (χ0) is 12.7. The Morgan fingerprint density at radius 1 is 1.65 bits per heavy atom. The number of oxime groups is 1. The number of hydrogen-bond acceptors (Lipinski definition) is 4. The molecule has 0 spiro atoms. The van der Waals surface area contributed by atoms with Crippen LogP contribution in [0.25, 0.3) is 0 Å². The molecule has 5 nitrogen and oxygen atoms in total. The van der Waals surface area contributed by atoms with E-state index in [0.717, 1.165) is 25.0 Å². The van der Waals surface area contributed by atoms with Crippen molar-refractivity contribution in [2.24, 2.45) is 10.9 Å². The fourth-order valence-electron chi connectivity index (χ4n) is 1.83. The molecule has 0 aromatic carbocycles. The summed E-state index contributed by atoms with van der Waals surface area (Å²) in [6.07, 6.45) is 4.46. The zero-order valence-corrected chi connectivity index (χ0v) is 11.0. The molecule has 2 unspecified atom stereocenters. The molecule has 1 saturated heterocycles. The van der Waals surface area contributed by atoms with Crippen molar-refractivity contribution in [2.45, 2.75) is 50.3 Å². The molecule has 0 aromatic heterocycles. The fraction of sp³-hybridized carbons (Fsp3) is 0.818. The highest BCUT2D eigenvalue weighted by atomic mass is 32.2. The summed E-state index contributed by atoms with van der Waals surface area (Å²) in [5.74, 6) is 1.32. The van der Waals surface area contributed by atoms with E-state index in [1.165, 1.54) is 6.42 Å². The Labute approximate surface area is 106 Å². The molecule has 0 radical (unpaired) electrons. The Hall–Kier alpha value is -0.910. The smallest absolute Gasteiger partial charge is 0.233 e. The van der Waals surface area contributed by atoms with Gasteiger partial charge in [-0.15, -0.1) is 11.8 Å². The van der Waals surface area contributed by atoms with Gasteiger partial charge in [-0.25, -0.2) is 0 Å². The summed E-state index contributed by atoms with van der Waals surface area (Å²) in [6, 6.07) is -0.0408. The Balaban J connectivity index is 2.41. The van der Waals surface area contributed by atoms with E-state index in [4.69, 9.17) is 10.9 Å². The van der Waals surface area contributed by atoms with Crippen molar-refractivity contribution in [3.63, 3.8) is 0 Å². The lowest BCUT2D eigenvalue weighted by molar-refractivity contribution is -0.121. The average Bonchev–Trinajstić information content (AvgIpc) is 2.38. The highest BCUT2D eigenvalue weighted by Gasteiger charge is 2.23. The molecule has 4 N–H and O–H groups in total. The fourth-order valence-corrected chi connectivity index (χ4v) is 3.04. The van der Waals surface area contributed by atoms with E-state index in [1.54, 1.807) is 11.8 Å². The predicted octanol–water partition coefficient (Wildman–Crippen LogP) is 1.30. The summed E-state index contributed by atoms with van der Waals surface area (Å²) >= 11 is 1.73. The van der Waals surface area contributed by atoms with Crippen LogP contribution in [0.2, 0.25) is 0 Å². The van der Waals surface area contributed by atoms with Crippen molar-refractivity contribution in [3.05, 3.63) is 0 Å². The molecular formula is C11H21N3O2S. The SMILES string of the molecule is CCC(CC(N)=NO)NC(=O)C1CCCCS1. The van der Waals surface area contributed by atoms with Gasteiger partial charge in [0, 0.05) is 12.5 Å². The molecule has 17 heavy (non-hydrogen) atoms. The first-order valence-electron chi connectivity index (χ1n) is 6.05. The van der Waals surface area contributed by atoms with Crippen molar-refractivity contribution in [1.29, 1.82) is 0 Å². The number of carbonyl (C=O) groups is 1. The van der Waals surface area contributed by atoms with Crippen LogP contribution in [0.4, 0.5) is 0 Å². The van der Waals surface area contributed by atoms with Gasteiger partial charge in [0.25, 0.3) is 0 Å². The third-order valence-corrected chi connectivity index (χ3v) is 4.27. The molecule has 1 heterocycles. The van der Waals surface area contributed by atoms with Gasteiger partial charge in [0.2, 0.25) is 5.91 Å². The van der Waals surface area contributed by atoms with E-state index in [9.17, 15) is 4.79 Å². The number of amidine groups is 1. The molecule has 1 rings (SSSR count). The van der Waals surface area contributed by atoms with Crippen LogP contribution < -0.4 is 11.1 Å². The van der Waals surface area contributed by atoms with Crippen LogP contribution in [-0.4, -0.2) is 34.0 Å². The molecule has 6 heteroatoms. The Morgan fingerprint density at radius 3 is 2.94 bits per heavy atom. The first kappa shape index (κ1) is 14.2. The third-order valence-electron chi connectivity index (χ3n) is 2.90. The minimum absolute atomic E-state index is 0.0408. The minimum Gasteiger partial charge on any atom is -0.409 e. The van der Waals surface area contributed by atoms with E-state index in [0.29, 0.717) is 6.42 Å². The number of carbonyl (C=O) groups excluding carboxylic acids is 1. The van der Waals surface area contributed by atoms with Gasteiger partial charge in [0.15, 0.2) is 0 Å². The lowest BCUT2D eigenvalue weighted by Crippen LogP contribution is -2.42. The largest absolute Gasteiger partial charge is 0.409 e. The third kappa shape index (κ3) is 4.85. The number of nitrogens with zero attached hydrogens (tertiary/aromatic N) is 1. The second kappa shape index (κ2) is 7.42. The summed E-state index contributed by atoms with van der Waals surface area (Å²) in [7, 11) is 0. The average molecular weight is 259 g/mol. The van der Waals surface area contributed by atoms with Crippen molar-refractivity contribution in [2.75, 3.05) is 5.75 Å². The molecule has 0 aliphatic carbocycles. The monoisotopic (exact) mass is 259 g/mol. The van der Waals surface area contributed by atoms with Gasteiger partial charge in [-0.2, -0.15) is 0 Å². The van der Waals surface area contributed by atoms with Crippen LogP contribution in [-0.2, 0) is 4.79 Å². The molecule has 98 valence electrons. The number of amides is 1. The van der Waals surface area contributed by atoms with Crippen molar-refractivity contribution >= 4 is 23.5 Å². The highest BCUT2D eigenvalue weighted by molar-refractivity contribution is 8.00.